The molecule has 0 aromatic rings. The van der Waals surface area contributed by atoms with Crippen molar-refractivity contribution in [1.82, 2.24) is 0 Å². The van der Waals surface area contributed by atoms with Crippen molar-refractivity contribution in [2.24, 2.45) is 0 Å². The van der Waals surface area contributed by atoms with E-state index < -0.39 is 8.80 Å². The summed E-state index contributed by atoms with van der Waals surface area (Å²) in [5.74, 6) is -0.386. The summed E-state index contributed by atoms with van der Waals surface area (Å²) in [6, 6.07) is 0.700. The third kappa shape index (κ3) is 5.89. The second-order valence-electron chi connectivity index (χ2n) is 7.08. The van der Waals surface area contributed by atoms with Gasteiger partial charge in [0.1, 0.15) is 19.6 Å². The highest BCUT2D eigenvalue weighted by Crippen LogP contribution is 2.29. The number of fused-ring (bicyclic) bond motifs is 6. The summed E-state index contributed by atoms with van der Waals surface area (Å²) in [6.45, 7) is 13.9. The van der Waals surface area contributed by atoms with Crippen molar-refractivity contribution in [2.45, 2.75) is 51.7 Å². The molecule has 3 aliphatic heterocycles. The van der Waals surface area contributed by atoms with Crippen LogP contribution in [0.25, 0.3) is 0 Å². The van der Waals surface area contributed by atoms with E-state index >= 15 is 0 Å². The normalized spacial score (nSPS) is 32.5. The van der Waals surface area contributed by atoms with Gasteiger partial charge in [-0.05, 0) is 19.3 Å². The first kappa shape index (κ1) is 20.6. The lowest BCUT2D eigenvalue weighted by Crippen LogP contribution is -2.65. The molecule has 3 saturated heterocycles. The Morgan fingerprint density at radius 1 is 1.28 bits per heavy atom. The van der Waals surface area contributed by atoms with Crippen molar-refractivity contribution < 1.29 is 27.3 Å². The average Bonchev–Trinajstić information content (AvgIpc) is 2.55. The third-order valence-electron chi connectivity index (χ3n) is 5.06. The molecular formula is C18H34NO5Si+. The lowest BCUT2D eigenvalue weighted by Gasteiger charge is -2.48. The van der Waals surface area contributed by atoms with Crippen molar-refractivity contribution in [3.63, 3.8) is 0 Å². The van der Waals surface area contributed by atoms with Crippen LogP contribution in [0.4, 0.5) is 0 Å². The fourth-order valence-corrected chi connectivity index (χ4v) is 6.61. The summed E-state index contributed by atoms with van der Waals surface area (Å²) in [5, 5.41) is 0. The van der Waals surface area contributed by atoms with Crippen LogP contribution < -0.4 is 0 Å². The lowest BCUT2D eigenvalue weighted by molar-refractivity contribution is -0.933. The summed E-state index contributed by atoms with van der Waals surface area (Å²) < 4.78 is 25.1. The van der Waals surface area contributed by atoms with Gasteiger partial charge in [-0.1, -0.05) is 26.8 Å². The van der Waals surface area contributed by atoms with Gasteiger partial charge in [0.05, 0.1) is 32.5 Å². The van der Waals surface area contributed by atoms with Crippen LogP contribution in [0.2, 0.25) is 6.04 Å². The second-order valence-corrected chi connectivity index (χ2v) is 9.76. The minimum atomic E-state index is -2.69. The quantitative estimate of drug-likeness (QED) is 0.205. The van der Waals surface area contributed by atoms with Crippen molar-refractivity contribution in [2.75, 3.05) is 46.0 Å². The Labute approximate surface area is 153 Å². The predicted molar refractivity (Wildman–Crippen MR) is 98.0 cm³/mol. The number of ether oxygens (including phenoxy) is 1. The molecule has 1 unspecified atom stereocenters. The van der Waals surface area contributed by atoms with Gasteiger partial charge in [-0.15, -0.1) is 0 Å². The average molecular weight is 373 g/mol. The van der Waals surface area contributed by atoms with Crippen LogP contribution in [-0.2, 0) is 22.8 Å². The largest absolute Gasteiger partial charge is 0.501 e. The fourth-order valence-electron chi connectivity index (χ4n) is 3.90. The molecule has 0 aromatic carbocycles. The zero-order chi connectivity index (χ0) is 18.2. The molecule has 1 atom stereocenters. The minimum Gasteiger partial charge on any atom is -0.463 e. The SMILES string of the molecule is C=CC(=O)OCCC[Si]12OCC[N+](CCC)(CCO1)CC(CCC)O2. The maximum atomic E-state index is 11.2. The Morgan fingerprint density at radius 2 is 2.00 bits per heavy atom. The van der Waals surface area contributed by atoms with Gasteiger partial charge in [0.25, 0.3) is 0 Å². The Hall–Kier alpha value is -0.733. The summed E-state index contributed by atoms with van der Waals surface area (Å²) in [7, 11) is -2.69. The van der Waals surface area contributed by atoms with Crippen LogP contribution in [0.5, 0.6) is 0 Å². The number of hydrogen-bond acceptors (Lipinski definition) is 5. The first-order valence-electron chi connectivity index (χ1n) is 9.67. The number of carbonyl (C=O) groups excluding carboxylic acids is 1. The molecule has 0 amide bonds. The zero-order valence-corrected chi connectivity index (χ0v) is 16.8. The number of rotatable bonds is 9. The first-order valence-corrected chi connectivity index (χ1v) is 11.6. The number of esters is 1. The van der Waals surface area contributed by atoms with Crippen LogP contribution >= 0.6 is 0 Å². The summed E-state index contributed by atoms with van der Waals surface area (Å²) >= 11 is 0. The van der Waals surface area contributed by atoms with E-state index in [1.54, 1.807) is 0 Å². The Bertz CT molecular complexity index is 435. The third-order valence-corrected chi connectivity index (χ3v) is 8.01. The molecule has 0 aliphatic carbocycles. The molecule has 3 rings (SSSR count). The lowest BCUT2D eigenvalue weighted by atomic mass is 10.1. The second kappa shape index (κ2) is 9.82. The highest BCUT2D eigenvalue weighted by atomic mass is 28.4. The van der Waals surface area contributed by atoms with E-state index in [2.05, 4.69) is 20.4 Å². The van der Waals surface area contributed by atoms with E-state index in [1.165, 1.54) is 6.08 Å². The van der Waals surface area contributed by atoms with Crippen LogP contribution in [0, 0.1) is 0 Å². The predicted octanol–water partition coefficient (Wildman–Crippen LogP) is 2.52. The van der Waals surface area contributed by atoms with Crippen LogP contribution in [0.15, 0.2) is 12.7 Å². The highest BCUT2D eigenvalue weighted by Gasteiger charge is 2.49. The summed E-state index contributed by atoms with van der Waals surface area (Å²) in [4.78, 5) is 11.2. The molecule has 6 nitrogen and oxygen atoms in total. The molecule has 3 fully saturated rings. The van der Waals surface area contributed by atoms with Gasteiger partial charge in [-0.2, -0.15) is 0 Å². The maximum absolute atomic E-state index is 11.2. The van der Waals surface area contributed by atoms with Gasteiger partial charge in [0.2, 0.25) is 0 Å². The van der Waals surface area contributed by atoms with Gasteiger partial charge >= 0.3 is 14.8 Å². The summed E-state index contributed by atoms with van der Waals surface area (Å²) in [5.41, 5.74) is 0. The maximum Gasteiger partial charge on any atom is 0.501 e. The molecule has 2 bridgehead atoms. The van der Waals surface area contributed by atoms with Crippen molar-refractivity contribution >= 4 is 14.8 Å². The van der Waals surface area contributed by atoms with Crippen LogP contribution in [0.3, 0.4) is 0 Å². The van der Waals surface area contributed by atoms with E-state index in [0.717, 1.165) is 49.9 Å². The van der Waals surface area contributed by atoms with Crippen LogP contribution in [0.1, 0.15) is 39.5 Å². The number of carbonyl (C=O) groups is 1. The Kier molecular flexibility index (Phi) is 8.09. The van der Waals surface area contributed by atoms with Crippen molar-refractivity contribution in [1.29, 1.82) is 0 Å². The molecule has 0 aromatic heterocycles. The van der Waals surface area contributed by atoms with E-state index in [1.807, 2.05) is 0 Å². The number of quaternary nitrogens is 1. The van der Waals surface area contributed by atoms with Gasteiger partial charge in [0, 0.05) is 12.1 Å². The van der Waals surface area contributed by atoms with E-state index in [0.29, 0.717) is 32.3 Å². The van der Waals surface area contributed by atoms with Gasteiger partial charge in [-0.25, -0.2) is 4.79 Å². The number of nitrogens with zero attached hydrogens (tertiary/aromatic N) is 1. The molecule has 7 heteroatoms. The van der Waals surface area contributed by atoms with E-state index in [9.17, 15) is 4.79 Å². The van der Waals surface area contributed by atoms with Crippen LogP contribution in [-0.4, -0.2) is 71.4 Å². The molecule has 144 valence electrons. The first-order chi connectivity index (χ1) is 12.1. The molecule has 0 radical (unpaired) electrons. The Balaban J connectivity index is 2.03. The van der Waals surface area contributed by atoms with Gasteiger partial charge in [0.15, 0.2) is 0 Å². The van der Waals surface area contributed by atoms with Gasteiger partial charge < -0.3 is 22.5 Å². The monoisotopic (exact) mass is 372 g/mol. The minimum absolute atomic E-state index is 0.194. The molecule has 25 heavy (non-hydrogen) atoms. The highest BCUT2D eigenvalue weighted by molar-refractivity contribution is 6.60. The Morgan fingerprint density at radius 3 is 2.60 bits per heavy atom. The smallest absolute Gasteiger partial charge is 0.463 e. The summed E-state index contributed by atoms with van der Waals surface area (Å²) in [6.07, 6.45) is 5.37. The van der Waals surface area contributed by atoms with E-state index in [4.69, 9.17) is 18.0 Å². The van der Waals surface area contributed by atoms with E-state index in [-0.39, 0.29) is 12.1 Å². The zero-order valence-electron chi connectivity index (χ0n) is 15.8. The topological polar surface area (TPSA) is 54.0 Å². The van der Waals surface area contributed by atoms with Gasteiger partial charge in [-0.3, -0.25) is 0 Å². The number of hydrogen-bond donors (Lipinski definition) is 0. The molecule has 3 aliphatic rings. The molecule has 0 spiro atoms. The van der Waals surface area contributed by atoms with Crippen molar-refractivity contribution in [3.8, 4) is 0 Å². The molecule has 0 N–H and O–H groups in total. The molecular weight excluding hydrogens is 338 g/mol. The fraction of sp³-hybridized carbons (Fsp3) is 0.833. The molecule has 3 heterocycles. The standard InChI is InChI=1S/C18H34NO5Si/c1-4-8-17-16-19(9-5-2)10-13-22-25(24-17,23-14-11-19)15-7-12-21-18(20)6-3/h6,17H,3-5,7-16H2,1-2H3/q+1. The molecule has 0 saturated carbocycles. The van der Waals surface area contributed by atoms with Crippen molar-refractivity contribution in [3.05, 3.63) is 12.7 Å².